The van der Waals surface area contributed by atoms with Crippen molar-refractivity contribution < 1.29 is 19.8 Å². The lowest BCUT2D eigenvalue weighted by Crippen LogP contribution is -2.53. The number of aliphatic carboxylic acids is 1. The molecule has 0 saturated carbocycles. The van der Waals surface area contributed by atoms with Crippen molar-refractivity contribution in [2.75, 3.05) is 33.8 Å². The lowest BCUT2D eigenvalue weighted by molar-refractivity contribution is -0.140. The number of aliphatic hydroxyl groups excluding tert-OH is 1. The lowest BCUT2D eigenvalue weighted by Gasteiger charge is -2.31. The molecule has 0 aromatic heterocycles. The molecule has 0 fully saturated rings. The van der Waals surface area contributed by atoms with Gasteiger partial charge in [-0.1, -0.05) is 0 Å². The summed E-state index contributed by atoms with van der Waals surface area (Å²) < 4.78 is 0. The van der Waals surface area contributed by atoms with Crippen LogP contribution in [0.2, 0.25) is 0 Å². The van der Waals surface area contributed by atoms with Crippen LogP contribution >= 0.6 is 0 Å². The third kappa shape index (κ3) is 5.33. The van der Waals surface area contributed by atoms with Gasteiger partial charge in [0.1, 0.15) is 0 Å². The summed E-state index contributed by atoms with van der Waals surface area (Å²) in [5.41, 5.74) is 0. The van der Waals surface area contributed by atoms with Gasteiger partial charge in [0, 0.05) is 19.1 Å². The molecule has 18 heavy (non-hydrogen) atoms. The Labute approximate surface area is 107 Å². The van der Waals surface area contributed by atoms with Gasteiger partial charge in [0.15, 0.2) is 6.04 Å². The molecule has 0 heterocycles. The molecule has 0 spiro atoms. The van der Waals surface area contributed by atoms with Crippen LogP contribution in [-0.4, -0.2) is 77.9 Å². The highest BCUT2D eigenvalue weighted by Gasteiger charge is 2.24. The average molecular weight is 261 g/mol. The molecule has 0 aromatic carbocycles. The van der Waals surface area contributed by atoms with Crippen LogP contribution in [0.1, 0.15) is 13.8 Å². The third-order valence-electron chi connectivity index (χ3n) is 2.54. The second-order valence-electron chi connectivity index (χ2n) is 4.42. The Hall–Kier alpha value is -1.34. The Morgan fingerprint density at radius 1 is 1.33 bits per heavy atom. The van der Waals surface area contributed by atoms with Crippen LogP contribution in [0.3, 0.4) is 0 Å². The SMILES string of the molecule is CCN(C(=O)N[C@@H](CO)C(=O)O)C(C)CN(C)C. The van der Waals surface area contributed by atoms with E-state index >= 15 is 0 Å². The van der Waals surface area contributed by atoms with E-state index in [1.807, 2.05) is 32.8 Å². The molecule has 0 aromatic rings. The van der Waals surface area contributed by atoms with Gasteiger partial charge in [0.2, 0.25) is 0 Å². The summed E-state index contributed by atoms with van der Waals surface area (Å²) in [5.74, 6) is -1.25. The maximum absolute atomic E-state index is 11.9. The van der Waals surface area contributed by atoms with Gasteiger partial charge in [-0.3, -0.25) is 0 Å². The molecule has 3 N–H and O–H groups in total. The number of carbonyl (C=O) groups excluding carboxylic acids is 1. The number of hydrogen-bond acceptors (Lipinski definition) is 4. The molecule has 0 aliphatic rings. The minimum absolute atomic E-state index is 0.0434. The van der Waals surface area contributed by atoms with Crippen LogP contribution in [0.15, 0.2) is 0 Å². The Morgan fingerprint density at radius 3 is 2.22 bits per heavy atom. The molecule has 7 heteroatoms. The van der Waals surface area contributed by atoms with Crippen molar-refractivity contribution in [1.82, 2.24) is 15.1 Å². The first-order valence-electron chi connectivity index (χ1n) is 5.89. The van der Waals surface area contributed by atoms with Gasteiger partial charge in [-0.15, -0.1) is 0 Å². The van der Waals surface area contributed by atoms with Crippen molar-refractivity contribution in [2.24, 2.45) is 0 Å². The minimum atomic E-state index is -1.27. The zero-order valence-corrected chi connectivity index (χ0v) is 11.4. The van der Waals surface area contributed by atoms with Crippen LogP contribution in [0.25, 0.3) is 0 Å². The molecular formula is C11H23N3O4. The number of carboxylic acids is 1. The molecule has 0 bridgehead atoms. The molecule has 1 unspecified atom stereocenters. The van der Waals surface area contributed by atoms with E-state index in [-0.39, 0.29) is 6.04 Å². The first-order valence-corrected chi connectivity index (χ1v) is 5.89. The number of amides is 2. The molecular weight excluding hydrogens is 238 g/mol. The summed E-state index contributed by atoms with van der Waals surface area (Å²) in [6, 6.07) is -1.79. The van der Waals surface area contributed by atoms with Gasteiger partial charge < -0.3 is 25.3 Å². The smallest absolute Gasteiger partial charge is 0.328 e. The number of carbonyl (C=O) groups is 2. The fraction of sp³-hybridized carbons (Fsp3) is 0.818. The first kappa shape index (κ1) is 16.7. The van der Waals surface area contributed by atoms with Crippen molar-refractivity contribution in [3.63, 3.8) is 0 Å². The zero-order valence-electron chi connectivity index (χ0n) is 11.4. The fourth-order valence-electron chi connectivity index (χ4n) is 1.70. The summed E-state index contributed by atoms with van der Waals surface area (Å²) in [4.78, 5) is 26.1. The van der Waals surface area contributed by atoms with Gasteiger partial charge in [0.05, 0.1) is 6.61 Å². The average Bonchev–Trinajstić information content (AvgIpc) is 2.25. The molecule has 0 aliphatic heterocycles. The Kier molecular flexibility index (Phi) is 7.30. The van der Waals surface area contributed by atoms with Crippen molar-refractivity contribution in [2.45, 2.75) is 25.9 Å². The zero-order chi connectivity index (χ0) is 14.3. The number of rotatable bonds is 7. The maximum Gasteiger partial charge on any atom is 0.328 e. The third-order valence-corrected chi connectivity index (χ3v) is 2.54. The van der Waals surface area contributed by atoms with E-state index < -0.39 is 24.6 Å². The van der Waals surface area contributed by atoms with Crippen LogP contribution < -0.4 is 5.32 Å². The van der Waals surface area contributed by atoms with E-state index in [0.717, 1.165) is 0 Å². The summed E-state index contributed by atoms with van der Waals surface area (Å²) in [5, 5.41) is 19.9. The van der Waals surface area contributed by atoms with Gasteiger partial charge >= 0.3 is 12.0 Å². The van der Waals surface area contributed by atoms with Crippen LogP contribution in [-0.2, 0) is 4.79 Å². The summed E-state index contributed by atoms with van der Waals surface area (Å²) in [6.07, 6.45) is 0. The molecule has 0 saturated heterocycles. The van der Waals surface area contributed by atoms with E-state index in [9.17, 15) is 9.59 Å². The lowest BCUT2D eigenvalue weighted by atomic mass is 10.2. The number of carboxylic acid groups (broad SMARTS) is 1. The van der Waals surface area contributed by atoms with Crippen molar-refractivity contribution >= 4 is 12.0 Å². The number of likely N-dealkylation sites (N-methyl/N-ethyl adjacent to an activating group) is 2. The number of nitrogens with zero attached hydrogens (tertiary/aromatic N) is 2. The van der Waals surface area contributed by atoms with E-state index in [1.54, 1.807) is 0 Å². The van der Waals surface area contributed by atoms with Gasteiger partial charge in [0.25, 0.3) is 0 Å². The highest BCUT2D eigenvalue weighted by molar-refractivity contribution is 5.82. The molecule has 0 rings (SSSR count). The van der Waals surface area contributed by atoms with Crippen molar-refractivity contribution in [1.29, 1.82) is 0 Å². The molecule has 106 valence electrons. The Morgan fingerprint density at radius 2 is 1.89 bits per heavy atom. The normalized spacial score (nSPS) is 14.1. The molecule has 2 atom stereocenters. The highest BCUT2D eigenvalue weighted by Crippen LogP contribution is 2.01. The molecule has 0 radical (unpaired) electrons. The van der Waals surface area contributed by atoms with E-state index in [2.05, 4.69) is 5.32 Å². The highest BCUT2D eigenvalue weighted by atomic mass is 16.4. The summed E-state index contributed by atoms with van der Waals surface area (Å²) in [6.45, 7) is 4.23. The van der Waals surface area contributed by atoms with Crippen molar-refractivity contribution in [3.05, 3.63) is 0 Å². The Bertz CT molecular complexity index is 283. The van der Waals surface area contributed by atoms with E-state index in [0.29, 0.717) is 13.1 Å². The van der Waals surface area contributed by atoms with Gasteiger partial charge in [-0.25, -0.2) is 9.59 Å². The largest absolute Gasteiger partial charge is 0.480 e. The standard InChI is InChI=1S/C11H23N3O4/c1-5-14(8(2)6-13(3)4)11(18)12-9(7-15)10(16)17/h8-9,15H,5-7H2,1-4H3,(H,12,18)(H,16,17)/t8?,9-/m0/s1. The Balaban J connectivity index is 4.55. The topological polar surface area (TPSA) is 93.1 Å². The van der Waals surface area contributed by atoms with Crippen molar-refractivity contribution in [3.8, 4) is 0 Å². The van der Waals surface area contributed by atoms with Gasteiger partial charge in [-0.05, 0) is 27.9 Å². The number of aliphatic hydroxyl groups is 1. The second kappa shape index (κ2) is 7.88. The first-order chi connectivity index (χ1) is 8.33. The second-order valence-corrected chi connectivity index (χ2v) is 4.42. The van der Waals surface area contributed by atoms with E-state index in [1.165, 1.54) is 4.90 Å². The summed E-state index contributed by atoms with van der Waals surface area (Å²) in [7, 11) is 3.80. The quantitative estimate of drug-likeness (QED) is 0.570. The minimum Gasteiger partial charge on any atom is -0.480 e. The monoisotopic (exact) mass is 261 g/mol. The van der Waals surface area contributed by atoms with Gasteiger partial charge in [-0.2, -0.15) is 0 Å². The van der Waals surface area contributed by atoms with Crippen LogP contribution in [0, 0.1) is 0 Å². The predicted molar refractivity (Wildman–Crippen MR) is 67.4 cm³/mol. The molecule has 2 amide bonds. The molecule has 7 nitrogen and oxygen atoms in total. The summed E-state index contributed by atoms with van der Waals surface area (Å²) >= 11 is 0. The van der Waals surface area contributed by atoms with Crippen LogP contribution in [0.5, 0.6) is 0 Å². The predicted octanol–water partition coefficient (Wildman–Crippen LogP) is -0.586. The van der Waals surface area contributed by atoms with Crippen LogP contribution in [0.4, 0.5) is 4.79 Å². The fourth-order valence-corrected chi connectivity index (χ4v) is 1.70. The van der Waals surface area contributed by atoms with E-state index in [4.69, 9.17) is 10.2 Å². The number of urea groups is 1. The maximum atomic E-state index is 11.9. The number of nitrogens with one attached hydrogen (secondary N) is 1. The number of hydrogen-bond donors (Lipinski definition) is 3. The molecule has 0 aliphatic carbocycles.